The van der Waals surface area contributed by atoms with Crippen LogP contribution in [0.2, 0.25) is 5.02 Å². The molecule has 1 aromatic heterocycles. The molecule has 1 saturated heterocycles. The summed E-state index contributed by atoms with van der Waals surface area (Å²) in [6, 6.07) is 13.5. The lowest BCUT2D eigenvalue weighted by atomic mass is 10.1. The summed E-state index contributed by atoms with van der Waals surface area (Å²) >= 11 is 6.11. The van der Waals surface area contributed by atoms with E-state index in [2.05, 4.69) is 10.3 Å². The van der Waals surface area contributed by atoms with Gasteiger partial charge < -0.3 is 19.2 Å². The molecule has 1 aliphatic rings. The van der Waals surface area contributed by atoms with Crippen LogP contribution in [0.3, 0.4) is 0 Å². The number of hydrogen-bond donors (Lipinski definition) is 1. The molecule has 1 fully saturated rings. The van der Waals surface area contributed by atoms with E-state index in [0.29, 0.717) is 47.0 Å². The van der Waals surface area contributed by atoms with E-state index in [4.69, 9.17) is 25.5 Å². The van der Waals surface area contributed by atoms with Crippen molar-refractivity contribution in [2.45, 2.75) is 25.9 Å². The third kappa shape index (κ3) is 5.18. The summed E-state index contributed by atoms with van der Waals surface area (Å²) < 4.78 is 16.5. The number of amides is 1. The van der Waals surface area contributed by atoms with Gasteiger partial charge in [-0.15, -0.1) is 0 Å². The van der Waals surface area contributed by atoms with Gasteiger partial charge in [-0.2, -0.15) is 0 Å². The molecule has 166 valence electrons. The summed E-state index contributed by atoms with van der Waals surface area (Å²) in [5.41, 5.74) is 1.95. The molecule has 0 saturated carbocycles. The molecule has 3 aromatic rings. The van der Waals surface area contributed by atoms with Crippen molar-refractivity contribution in [2.75, 3.05) is 19.8 Å². The molecule has 1 unspecified atom stereocenters. The molecule has 8 heteroatoms. The number of nitrogens with one attached hydrogen (secondary N) is 1. The monoisotopic (exact) mass is 454 g/mol. The molecule has 1 N–H and O–H groups in total. The van der Waals surface area contributed by atoms with Gasteiger partial charge >= 0.3 is 5.97 Å². The molecule has 32 heavy (non-hydrogen) atoms. The van der Waals surface area contributed by atoms with Crippen molar-refractivity contribution in [3.8, 4) is 0 Å². The second kappa shape index (κ2) is 9.97. The highest BCUT2D eigenvalue weighted by atomic mass is 35.5. The summed E-state index contributed by atoms with van der Waals surface area (Å²) in [7, 11) is 0. The zero-order valence-electron chi connectivity index (χ0n) is 17.6. The lowest BCUT2D eigenvalue weighted by Gasteiger charge is -2.11. The molecule has 7 nitrogen and oxygen atoms in total. The van der Waals surface area contributed by atoms with E-state index in [9.17, 15) is 9.59 Å². The van der Waals surface area contributed by atoms with Crippen LogP contribution in [0.15, 0.2) is 57.9 Å². The van der Waals surface area contributed by atoms with Crippen molar-refractivity contribution < 1.29 is 23.5 Å². The van der Waals surface area contributed by atoms with Crippen LogP contribution in [0.4, 0.5) is 5.69 Å². The Balaban J connectivity index is 1.69. The number of esters is 1. The standard InChI is InChI=1S/C24H23ClN2O5/c1-2-30-24(29)15-5-8-18(9-6-15)27-23-20(22(28)26-14-19-4-3-11-31-19)13-16-12-17(25)7-10-21(16)32-23/h5-10,12-13,19H,2-4,11,14H2,1H3,(H,26,28). The van der Waals surface area contributed by atoms with Crippen LogP contribution in [-0.2, 0) is 9.47 Å². The zero-order chi connectivity index (χ0) is 22.5. The largest absolute Gasteiger partial charge is 0.462 e. The number of fused-ring (bicyclic) bond motifs is 1. The fourth-order valence-corrected chi connectivity index (χ4v) is 3.64. The molecule has 1 aliphatic heterocycles. The van der Waals surface area contributed by atoms with Crippen LogP contribution >= 0.6 is 11.6 Å². The first kappa shape index (κ1) is 22.0. The maximum atomic E-state index is 13.0. The second-order valence-corrected chi connectivity index (χ2v) is 7.81. The van der Waals surface area contributed by atoms with Crippen molar-refractivity contribution in [1.29, 1.82) is 0 Å². The second-order valence-electron chi connectivity index (χ2n) is 7.37. The molecular weight excluding hydrogens is 432 g/mol. The van der Waals surface area contributed by atoms with E-state index in [1.165, 1.54) is 0 Å². The van der Waals surface area contributed by atoms with Gasteiger partial charge in [0, 0.05) is 23.6 Å². The van der Waals surface area contributed by atoms with Gasteiger partial charge in [0.1, 0.15) is 11.1 Å². The van der Waals surface area contributed by atoms with E-state index in [1.54, 1.807) is 55.5 Å². The Hall–Kier alpha value is -3.16. The van der Waals surface area contributed by atoms with Crippen molar-refractivity contribution in [1.82, 2.24) is 5.32 Å². The lowest BCUT2D eigenvalue weighted by molar-refractivity contribution is 0.0526. The Morgan fingerprint density at radius 2 is 2.00 bits per heavy atom. The van der Waals surface area contributed by atoms with Gasteiger partial charge in [0.15, 0.2) is 0 Å². The van der Waals surface area contributed by atoms with E-state index in [0.717, 1.165) is 12.8 Å². The van der Waals surface area contributed by atoms with Crippen LogP contribution in [0, 0.1) is 0 Å². The predicted molar refractivity (Wildman–Crippen MR) is 120 cm³/mol. The molecule has 1 atom stereocenters. The van der Waals surface area contributed by atoms with Gasteiger partial charge in [0.2, 0.25) is 5.55 Å². The zero-order valence-corrected chi connectivity index (χ0v) is 18.4. The van der Waals surface area contributed by atoms with Gasteiger partial charge in [-0.1, -0.05) is 11.6 Å². The maximum Gasteiger partial charge on any atom is 0.338 e. The smallest absolute Gasteiger partial charge is 0.338 e. The SMILES string of the molecule is CCOC(=O)c1ccc(N=c2oc3ccc(Cl)cc3cc2C(=O)NCC2CCCO2)cc1. The van der Waals surface area contributed by atoms with Crippen molar-refractivity contribution in [3.63, 3.8) is 0 Å². The van der Waals surface area contributed by atoms with Crippen LogP contribution in [0.25, 0.3) is 11.0 Å². The molecular formula is C24H23ClN2O5. The lowest BCUT2D eigenvalue weighted by Crippen LogP contribution is -2.34. The Morgan fingerprint density at radius 1 is 1.19 bits per heavy atom. The van der Waals surface area contributed by atoms with E-state index in [1.807, 2.05) is 0 Å². The minimum Gasteiger partial charge on any atom is -0.462 e. The minimum atomic E-state index is -0.402. The summed E-state index contributed by atoms with van der Waals surface area (Å²) in [5, 5.41) is 4.14. The van der Waals surface area contributed by atoms with Crippen LogP contribution < -0.4 is 10.9 Å². The minimum absolute atomic E-state index is 0.0154. The molecule has 1 amide bonds. The summed E-state index contributed by atoms with van der Waals surface area (Å²) in [4.78, 5) is 29.4. The third-order valence-corrected chi connectivity index (χ3v) is 5.31. The van der Waals surface area contributed by atoms with Gasteiger partial charge in [0.05, 0.1) is 24.0 Å². The number of ether oxygens (including phenoxy) is 2. The van der Waals surface area contributed by atoms with Crippen molar-refractivity contribution in [2.24, 2.45) is 4.99 Å². The Kier molecular flexibility index (Phi) is 6.87. The average Bonchev–Trinajstić information content (AvgIpc) is 3.31. The summed E-state index contributed by atoms with van der Waals surface area (Å²) in [6.45, 7) is 3.18. The van der Waals surface area contributed by atoms with Crippen molar-refractivity contribution in [3.05, 3.63) is 70.2 Å². The van der Waals surface area contributed by atoms with E-state index < -0.39 is 5.97 Å². The van der Waals surface area contributed by atoms with Crippen molar-refractivity contribution >= 4 is 40.1 Å². The Labute approximate surface area is 190 Å². The first-order chi connectivity index (χ1) is 15.5. The number of nitrogens with zero attached hydrogens (tertiary/aromatic N) is 1. The summed E-state index contributed by atoms with van der Waals surface area (Å²) in [6.07, 6.45) is 1.93. The number of halogens is 1. The van der Waals surface area contributed by atoms with Gasteiger partial charge in [-0.3, -0.25) is 4.79 Å². The highest BCUT2D eigenvalue weighted by Crippen LogP contribution is 2.20. The first-order valence-corrected chi connectivity index (χ1v) is 10.9. The Morgan fingerprint density at radius 3 is 2.72 bits per heavy atom. The van der Waals surface area contributed by atoms with E-state index >= 15 is 0 Å². The molecule has 0 spiro atoms. The maximum absolute atomic E-state index is 13.0. The molecule has 0 bridgehead atoms. The first-order valence-electron chi connectivity index (χ1n) is 10.5. The number of hydrogen-bond acceptors (Lipinski definition) is 6. The topological polar surface area (TPSA) is 90.1 Å². The fourth-order valence-electron chi connectivity index (χ4n) is 3.46. The number of carbonyl (C=O) groups is 2. The van der Waals surface area contributed by atoms with Gasteiger partial charge in [-0.25, -0.2) is 9.79 Å². The fraction of sp³-hybridized carbons (Fsp3) is 0.292. The normalized spacial score (nSPS) is 16.3. The third-order valence-electron chi connectivity index (χ3n) is 5.08. The highest BCUT2D eigenvalue weighted by molar-refractivity contribution is 6.31. The molecule has 0 radical (unpaired) electrons. The van der Waals surface area contributed by atoms with Gasteiger partial charge in [-0.05, 0) is 68.3 Å². The number of rotatable bonds is 6. The average molecular weight is 455 g/mol. The quantitative estimate of drug-likeness (QED) is 0.557. The van der Waals surface area contributed by atoms with Crippen LogP contribution in [-0.4, -0.2) is 37.7 Å². The Bertz CT molecular complexity index is 1200. The number of benzene rings is 2. The molecule has 2 heterocycles. The van der Waals surface area contributed by atoms with Crippen LogP contribution in [0.1, 0.15) is 40.5 Å². The van der Waals surface area contributed by atoms with Crippen LogP contribution in [0.5, 0.6) is 0 Å². The molecule has 0 aliphatic carbocycles. The van der Waals surface area contributed by atoms with Gasteiger partial charge in [0.25, 0.3) is 5.91 Å². The predicted octanol–water partition coefficient (Wildman–Crippen LogP) is 4.40. The summed E-state index contributed by atoms with van der Waals surface area (Å²) in [5.74, 6) is -0.714. The molecule has 2 aromatic carbocycles. The molecule has 4 rings (SSSR count). The highest BCUT2D eigenvalue weighted by Gasteiger charge is 2.18. The number of carbonyl (C=O) groups excluding carboxylic acids is 2. The van der Waals surface area contributed by atoms with E-state index in [-0.39, 0.29) is 23.1 Å².